The number of benzene rings is 2. The number of carbonyl (C=O) groups excluding carboxylic acids is 1. The summed E-state index contributed by atoms with van der Waals surface area (Å²) in [6, 6.07) is 25.1. The van der Waals surface area contributed by atoms with E-state index in [9.17, 15) is 4.79 Å². The zero-order chi connectivity index (χ0) is 25.8. The normalized spacial score (nSPS) is 16.9. The largest absolute Gasteiger partial charge is 0.495 e. The van der Waals surface area contributed by atoms with E-state index in [-0.39, 0.29) is 24.6 Å². The van der Waals surface area contributed by atoms with Gasteiger partial charge in [-0.05, 0) is 72.9 Å². The lowest BCUT2D eigenvalue weighted by Crippen LogP contribution is -2.30. The molecule has 0 radical (unpaired) electrons. The van der Waals surface area contributed by atoms with E-state index < -0.39 is 0 Å². The highest BCUT2D eigenvalue weighted by Crippen LogP contribution is 2.43. The number of nitrogens with one attached hydrogen (secondary N) is 2. The van der Waals surface area contributed by atoms with Gasteiger partial charge in [-0.1, -0.05) is 18.2 Å². The maximum absolute atomic E-state index is 11.9. The minimum absolute atomic E-state index is 0.00432. The zero-order valence-corrected chi connectivity index (χ0v) is 21.3. The molecule has 1 aliphatic heterocycles. The van der Waals surface area contributed by atoms with Crippen molar-refractivity contribution in [3.8, 4) is 11.4 Å². The summed E-state index contributed by atoms with van der Waals surface area (Å²) in [5.41, 5.74) is 4.40. The molecule has 1 saturated heterocycles. The number of rotatable bonds is 8. The van der Waals surface area contributed by atoms with Crippen LogP contribution in [0.5, 0.6) is 5.75 Å². The highest BCUT2D eigenvalue weighted by Gasteiger charge is 2.42. The molecule has 2 aromatic heterocycles. The van der Waals surface area contributed by atoms with E-state index in [1.54, 1.807) is 13.3 Å². The second-order valence-corrected chi connectivity index (χ2v) is 8.89. The number of aromatic nitrogens is 2. The Morgan fingerprint density at radius 1 is 1.03 bits per heavy atom. The number of anilines is 2. The van der Waals surface area contributed by atoms with E-state index >= 15 is 0 Å². The van der Waals surface area contributed by atoms with E-state index in [1.807, 2.05) is 79.0 Å². The number of thiocarbonyl (C=S) groups is 1. The summed E-state index contributed by atoms with van der Waals surface area (Å²) in [5, 5.41) is 6.91. The predicted molar refractivity (Wildman–Crippen MR) is 147 cm³/mol. The van der Waals surface area contributed by atoms with Crippen molar-refractivity contribution < 1.29 is 14.3 Å². The number of nitrogens with zero attached hydrogens (tertiary/aromatic N) is 3. The third-order valence-corrected chi connectivity index (χ3v) is 6.55. The van der Waals surface area contributed by atoms with Crippen molar-refractivity contribution in [2.45, 2.75) is 12.1 Å². The molecule has 4 aromatic rings. The summed E-state index contributed by atoms with van der Waals surface area (Å²) < 4.78 is 12.7. The van der Waals surface area contributed by atoms with Crippen LogP contribution in [0.15, 0.2) is 91.3 Å². The second kappa shape index (κ2) is 10.8. The minimum atomic E-state index is -0.212. The summed E-state index contributed by atoms with van der Waals surface area (Å²) in [7, 11) is 3.16. The molecule has 37 heavy (non-hydrogen) atoms. The van der Waals surface area contributed by atoms with E-state index in [1.165, 1.54) is 7.11 Å². The Bertz CT molecular complexity index is 1390. The predicted octanol–water partition coefficient (Wildman–Crippen LogP) is 4.64. The van der Waals surface area contributed by atoms with Gasteiger partial charge in [0.25, 0.3) is 0 Å². The molecular formula is C28H27N5O3S. The third-order valence-electron chi connectivity index (χ3n) is 6.23. The van der Waals surface area contributed by atoms with Crippen LogP contribution in [-0.4, -0.2) is 41.4 Å². The average Bonchev–Trinajstić information content (AvgIpc) is 3.54. The second-order valence-electron chi connectivity index (χ2n) is 8.50. The highest BCUT2D eigenvalue weighted by molar-refractivity contribution is 7.80. The van der Waals surface area contributed by atoms with Gasteiger partial charge in [-0.15, -0.1) is 0 Å². The molecule has 1 amide bonds. The van der Waals surface area contributed by atoms with Crippen LogP contribution in [-0.2, 0) is 9.53 Å². The van der Waals surface area contributed by atoms with Gasteiger partial charge in [-0.25, -0.2) is 0 Å². The standard InChI is InChI=1S/C28H27N5O3S/c1-35-18-25(34)30-19-12-14-20(15-13-19)33-27(26(31-28(33)37)21-8-5-6-16-29-21)23-10-7-17-32(23)22-9-3-4-11-24(22)36-2/h3-17,26-27H,18H2,1-2H3,(H,30,34)(H,31,37). The van der Waals surface area contributed by atoms with Gasteiger partial charge in [0.1, 0.15) is 18.4 Å². The molecule has 0 bridgehead atoms. The molecular weight excluding hydrogens is 486 g/mol. The Labute approximate surface area is 220 Å². The summed E-state index contributed by atoms with van der Waals surface area (Å²) in [6.45, 7) is -0.00432. The maximum Gasteiger partial charge on any atom is 0.250 e. The van der Waals surface area contributed by atoms with Crippen LogP contribution in [0.25, 0.3) is 5.69 Å². The first kappa shape index (κ1) is 24.5. The molecule has 2 unspecified atom stereocenters. The molecule has 5 rings (SSSR count). The van der Waals surface area contributed by atoms with Crippen LogP contribution in [0.2, 0.25) is 0 Å². The van der Waals surface area contributed by atoms with Gasteiger partial charge >= 0.3 is 0 Å². The molecule has 188 valence electrons. The van der Waals surface area contributed by atoms with Gasteiger partial charge in [-0.2, -0.15) is 0 Å². The van der Waals surface area contributed by atoms with Crippen molar-refractivity contribution in [2.75, 3.05) is 31.0 Å². The quantitative estimate of drug-likeness (QED) is 0.332. The number of pyridine rings is 1. The Hall–Kier alpha value is -4.21. The van der Waals surface area contributed by atoms with Gasteiger partial charge < -0.3 is 29.6 Å². The maximum atomic E-state index is 11.9. The van der Waals surface area contributed by atoms with Crippen LogP contribution in [0.3, 0.4) is 0 Å². The highest BCUT2D eigenvalue weighted by atomic mass is 32.1. The number of carbonyl (C=O) groups is 1. The van der Waals surface area contributed by atoms with Gasteiger partial charge in [0.05, 0.1) is 24.5 Å². The van der Waals surface area contributed by atoms with Gasteiger partial charge in [0.15, 0.2) is 5.11 Å². The fourth-order valence-electron chi connectivity index (χ4n) is 4.65. The third kappa shape index (κ3) is 4.91. The summed E-state index contributed by atoms with van der Waals surface area (Å²) >= 11 is 5.86. The smallest absolute Gasteiger partial charge is 0.250 e. The van der Waals surface area contributed by atoms with Crippen LogP contribution in [0.4, 0.5) is 11.4 Å². The SMILES string of the molecule is COCC(=O)Nc1ccc(N2C(=S)NC(c3ccccn3)C2c2cccn2-c2ccccc2OC)cc1. The van der Waals surface area contributed by atoms with Crippen LogP contribution >= 0.6 is 12.2 Å². The molecule has 1 aliphatic rings. The fourth-order valence-corrected chi connectivity index (χ4v) is 5.00. The number of hydrogen-bond acceptors (Lipinski definition) is 5. The first-order valence-electron chi connectivity index (χ1n) is 11.8. The summed E-state index contributed by atoms with van der Waals surface area (Å²) in [4.78, 5) is 18.7. The zero-order valence-electron chi connectivity index (χ0n) is 20.5. The molecule has 2 aromatic carbocycles. The van der Waals surface area contributed by atoms with E-state index in [4.69, 9.17) is 21.7 Å². The molecule has 2 atom stereocenters. The molecule has 1 fully saturated rings. The first-order valence-corrected chi connectivity index (χ1v) is 12.2. The van der Waals surface area contributed by atoms with Crippen molar-refractivity contribution in [3.05, 3.63) is 103 Å². The number of hydrogen-bond donors (Lipinski definition) is 2. The molecule has 0 saturated carbocycles. The van der Waals surface area contributed by atoms with E-state index in [2.05, 4.69) is 31.2 Å². The van der Waals surface area contributed by atoms with E-state index in [0.29, 0.717) is 10.8 Å². The Morgan fingerprint density at radius 3 is 2.54 bits per heavy atom. The fraction of sp³-hybridized carbons (Fsp3) is 0.179. The monoisotopic (exact) mass is 513 g/mol. The van der Waals surface area contributed by atoms with Crippen LogP contribution in [0.1, 0.15) is 23.5 Å². The lowest BCUT2D eigenvalue weighted by molar-refractivity contribution is -0.119. The van der Waals surface area contributed by atoms with Gasteiger partial charge in [-0.3, -0.25) is 9.78 Å². The van der Waals surface area contributed by atoms with Crippen molar-refractivity contribution in [1.29, 1.82) is 0 Å². The number of ether oxygens (including phenoxy) is 2. The lowest BCUT2D eigenvalue weighted by Gasteiger charge is -2.29. The Morgan fingerprint density at radius 2 is 1.81 bits per heavy atom. The molecule has 8 nitrogen and oxygen atoms in total. The summed E-state index contributed by atoms with van der Waals surface area (Å²) in [6.07, 6.45) is 3.81. The van der Waals surface area contributed by atoms with Crippen LogP contribution in [0, 0.1) is 0 Å². The average molecular weight is 514 g/mol. The number of para-hydroxylation sites is 2. The summed E-state index contributed by atoms with van der Waals surface area (Å²) in [5.74, 6) is 0.557. The minimum Gasteiger partial charge on any atom is -0.495 e. The molecule has 9 heteroatoms. The van der Waals surface area contributed by atoms with E-state index in [0.717, 1.165) is 28.5 Å². The van der Waals surface area contributed by atoms with Crippen LogP contribution < -0.4 is 20.3 Å². The van der Waals surface area contributed by atoms with Crippen molar-refractivity contribution in [1.82, 2.24) is 14.9 Å². The number of amides is 1. The molecule has 0 aliphatic carbocycles. The van der Waals surface area contributed by atoms with Gasteiger partial charge in [0, 0.05) is 36.6 Å². The number of methoxy groups -OCH3 is 2. The molecule has 0 spiro atoms. The first-order chi connectivity index (χ1) is 18.1. The molecule has 2 N–H and O–H groups in total. The van der Waals surface area contributed by atoms with Crippen molar-refractivity contribution >= 4 is 34.6 Å². The van der Waals surface area contributed by atoms with Gasteiger partial charge in [0.2, 0.25) is 5.91 Å². The van der Waals surface area contributed by atoms with Crippen molar-refractivity contribution in [3.63, 3.8) is 0 Å². The van der Waals surface area contributed by atoms with Crippen molar-refractivity contribution in [2.24, 2.45) is 0 Å². The molecule has 3 heterocycles. The Kier molecular flexibility index (Phi) is 7.16. The lowest BCUT2D eigenvalue weighted by atomic mass is 10.0. The topological polar surface area (TPSA) is 80.7 Å². The Balaban J connectivity index is 1.58.